The lowest BCUT2D eigenvalue weighted by molar-refractivity contribution is -0.155. The predicted octanol–water partition coefficient (Wildman–Crippen LogP) is 4.57. The average molecular weight is 1210 g/mol. The monoisotopic (exact) mass is 1210 g/mol. The molecule has 81 heavy (non-hydrogen) atoms. The van der Waals surface area contributed by atoms with E-state index in [1.807, 2.05) is 0 Å². The molecule has 6 amide bonds. The Bertz CT molecular complexity index is 3930. The smallest absolute Gasteiger partial charge is 0.335 e. The number of carbonyl (C=O) groups is 8. The second-order valence-electron chi connectivity index (χ2n) is 17.8. The lowest BCUT2D eigenvalue weighted by Gasteiger charge is -2.21. The summed E-state index contributed by atoms with van der Waals surface area (Å²) in [6, 6.07) is 4.19. The van der Waals surface area contributed by atoms with E-state index in [4.69, 9.17) is 20.4 Å². The van der Waals surface area contributed by atoms with E-state index in [0.29, 0.717) is 16.5 Å². The van der Waals surface area contributed by atoms with E-state index in [9.17, 15) is 53.7 Å². The molecule has 1 aromatic carbocycles. The Kier molecular flexibility index (Phi) is 16.1. The number of esters is 1. The van der Waals surface area contributed by atoms with Crippen molar-refractivity contribution >= 4 is 132 Å². The van der Waals surface area contributed by atoms with E-state index in [1.165, 1.54) is 40.6 Å². The topological polar surface area (TPSA) is 386 Å². The van der Waals surface area contributed by atoms with E-state index < -0.39 is 89.0 Å². The summed E-state index contributed by atoms with van der Waals surface area (Å²) in [6.45, 7) is 6.01. The third-order valence-corrected chi connectivity index (χ3v) is 17.7. The molecule has 2 aliphatic rings. The first-order valence-corrected chi connectivity index (χ1v) is 29.2. The van der Waals surface area contributed by atoms with E-state index in [0.717, 1.165) is 68.4 Å². The Morgan fingerprint density at radius 1 is 0.802 bits per heavy atom. The molecule has 31 heteroatoms. The number of aliphatic hydroxyl groups is 2. The quantitative estimate of drug-likeness (QED) is 0.0833. The van der Waals surface area contributed by atoms with Crippen LogP contribution in [0.15, 0.2) is 75.6 Å². The van der Waals surface area contributed by atoms with Crippen molar-refractivity contribution in [2.45, 2.75) is 57.2 Å². The van der Waals surface area contributed by atoms with Crippen molar-refractivity contribution in [1.82, 2.24) is 61.5 Å². The number of thioether (sulfide) groups is 1. The molecule has 5 unspecified atom stereocenters. The predicted molar refractivity (Wildman–Crippen MR) is 300 cm³/mol. The highest BCUT2D eigenvalue weighted by atomic mass is 32.2. The largest absolute Gasteiger partial charge is 0.506 e. The van der Waals surface area contributed by atoms with Gasteiger partial charge in [0.15, 0.2) is 6.10 Å². The van der Waals surface area contributed by atoms with Gasteiger partial charge in [-0.3, -0.25) is 33.6 Å². The number of primary amides is 1. The number of pyridine rings is 1. The van der Waals surface area contributed by atoms with Gasteiger partial charge in [-0.25, -0.2) is 34.7 Å². The molecule has 0 radical (unpaired) electrons. The minimum Gasteiger partial charge on any atom is -0.506 e. The van der Waals surface area contributed by atoms with Crippen LogP contribution in [-0.2, 0) is 25.7 Å². The lowest BCUT2D eigenvalue weighted by atomic mass is 10.1. The molecule has 11 N–H and O–H groups in total. The van der Waals surface area contributed by atoms with Crippen molar-refractivity contribution in [3.8, 4) is 38.4 Å². The van der Waals surface area contributed by atoms with E-state index in [-0.39, 0.29) is 99.9 Å². The second-order valence-corrected chi connectivity index (χ2v) is 23.1. The molecule has 10 rings (SSSR count). The molecule has 0 saturated carbocycles. The van der Waals surface area contributed by atoms with Crippen LogP contribution in [0.1, 0.15) is 105 Å². The van der Waals surface area contributed by atoms with Gasteiger partial charge in [0, 0.05) is 55.5 Å². The number of amides is 6. The third-order valence-electron chi connectivity index (χ3n) is 12.2. The SMILES string of the molecule is C=C(NC(=O)c1csc(-c2nc3c(cc2O)-c2nc(cs2)C(=O)NC(C(C)O)C(=O)N/C(=C\C)c2nc(cs2)C(=O)NC2CC(O)C(=O)OCc4cccc5[nH]c(cc45)C(=O)SCC(NC(=O)c4csc2n4)c2nc-3cs2)n1)C(N)=O. The number of aromatic amines is 1. The standard InChI is InChI=1S/C50H41N13O12S6/c1-4-23-45-59-29(14-78-45)40(69)55-25-10-34(66)49(73)75-11-20-6-5-7-24-21(20)8-26(53-24)50(74)81-17-32(56-41(70)30-15-79-46(25)60-30)47-57-27(12-77-47)36-22(44-58-31(13-76-44)42(71)63-35(19(3)64)43(72)54-23)9-33(65)37(62-36)48-61-28(16-80-48)39(68)52-18(2)38(51)67/h4-9,12-16,19,25,32,34-35,53,64-66H,2,10-11,17H2,1,3H3,(H2,51,67)(H,52,68)(H,54,72)(H,55,69)(H,56,70)(H,63,71)/b23-4-. The Hall–Kier alpha value is -8.43. The summed E-state index contributed by atoms with van der Waals surface area (Å²) in [5.41, 5.74) is 5.76. The molecule has 0 saturated heterocycles. The van der Waals surface area contributed by atoms with Gasteiger partial charge in [-0.2, -0.15) is 0 Å². The number of fused-ring (bicyclic) bond motifs is 13. The van der Waals surface area contributed by atoms with Crippen LogP contribution in [0.4, 0.5) is 0 Å². The van der Waals surface area contributed by atoms with Crippen molar-refractivity contribution in [1.29, 1.82) is 0 Å². The van der Waals surface area contributed by atoms with E-state index >= 15 is 0 Å². The lowest BCUT2D eigenvalue weighted by Crippen LogP contribution is -2.52. The van der Waals surface area contributed by atoms with Crippen LogP contribution < -0.4 is 32.3 Å². The number of H-pyrrole nitrogens is 1. The molecule has 12 bridgehead atoms. The van der Waals surface area contributed by atoms with Gasteiger partial charge in [0.25, 0.3) is 29.5 Å². The Labute approximate surface area is 480 Å². The zero-order valence-corrected chi connectivity index (χ0v) is 46.7. The molecule has 0 aliphatic carbocycles. The van der Waals surface area contributed by atoms with Crippen molar-refractivity contribution in [3.63, 3.8) is 0 Å². The number of aliphatic hydroxyl groups excluding tert-OH is 2. The van der Waals surface area contributed by atoms with Gasteiger partial charge in [-0.15, -0.1) is 56.7 Å². The minimum absolute atomic E-state index is 0.0402. The number of nitrogens with two attached hydrogens (primary N) is 1. The van der Waals surface area contributed by atoms with Gasteiger partial charge in [0.2, 0.25) is 11.0 Å². The summed E-state index contributed by atoms with van der Waals surface area (Å²) >= 11 is 5.71. The molecular weight excluding hydrogens is 1170 g/mol. The second kappa shape index (κ2) is 23.3. The average Bonchev–Trinajstić information content (AvgIpc) is 4.49. The summed E-state index contributed by atoms with van der Waals surface area (Å²) in [7, 11) is 0. The maximum absolute atomic E-state index is 14.4. The van der Waals surface area contributed by atoms with E-state index in [2.05, 4.69) is 58.1 Å². The van der Waals surface area contributed by atoms with Gasteiger partial charge in [0.1, 0.15) is 83.3 Å². The molecule has 2 aliphatic heterocycles. The number of aromatic nitrogens is 7. The molecule has 8 aromatic rings. The first-order valence-electron chi connectivity index (χ1n) is 23.9. The summed E-state index contributed by atoms with van der Waals surface area (Å²) in [6.07, 6.45) is -2.29. The fourth-order valence-electron chi connectivity index (χ4n) is 8.08. The number of ether oxygens (including phenoxy) is 1. The van der Waals surface area contributed by atoms with Crippen LogP contribution in [0.5, 0.6) is 5.75 Å². The maximum Gasteiger partial charge on any atom is 0.335 e. The van der Waals surface area contributed by atoms with Crippen LogP contribution in [0, 0.1) is 0 Å². The number of nitrogens with zero attached hydrogens (tertiary/aromatic N) is 6. The highest BCUT2D eigenvalue weighted by Crippen LogP contribution is 2.41. The Morgan fingerprint density at radius 3 is 2.17 bits per heavy atom. The van der Waals surface area contributed by atoms with Crippen LogP contribution >= 0.6 is 68.4 Å². The van der Waals surface area contributed by atoms with Crippen LogP contribution in [0.25, 0.3) is 49.3 Å². The Balaban J connectivity index is 1.11. The summed E-state index contributed by atoms with van der Waals surface area (Å²) in [5, 5.41) is 54.9. The maximum atomic E-state index is 14.4. The fourth-order valence-corrected chi connectivity index (χ4v) is 13.2. The molecule has 0 spiro atoms. The first-order chi connectivity index (χ1) is 38.8. The Morgan fingerprint density at radius 2 is 1.44 bits per heavy atom. The third kappa shape index (κ3) is 11.9. The number of cyclic esters (lactones) is 1. The van der Waals surface area contributed by atoms with Crippen molar-refractivity contribution in [2.24, 2.45) is 5.73 Å². The van der Waals surface area contributed by atoms with Crippen LogP contribution in [0.2, 0.25) is 0 Å². The molecule has 7 aromatic heterocycles. The minimum atomic E-state index is -1.84. The fraction of sp³-hybridized carbons (Fsp3) is 0.200. The van der Waals surface area contributed by atoms with Crippen LogP contribution in [0.3, 0.4) is 0 Å². The number of hydrogen-bond acceptors (Lipinski definition) is 24. The van der Waals surface area contributed by atoms with E-state index in [1.54, 1.807) is 36.6 Å². The number of allylic oxidation sites excluding steroid dienone is 1. The van der Waals surface area contributed by atoms with Gasteiger partial charge in [0.05, 0.1) is 35.3 Å². The number of nitrogens with one attached hydrogen (secondary N) is 6. The van der Waals surface area contributed by atoms with Gasteiger partial charge in [-0.1, -0.05) is 36.5 Å². The highest BCUT2D eigenvalue weighted by molar-refractivity contribution is 8.14. The normalized spacial score (nSPS) is 19.3. The van der Waals surface area contributed by atoms with Crippen molar-refractivity contribution in [2.75, 3.05) is 5.75 Å². The highest BCUT2D eigenvalue weighted by Gasteiger charge is 2.33. The number of aromatic hydroxyl groups is 1. The first kappa shape index (κ1) is 55.9. The zero-order valence-electron chi connectivity index (χ0n) is 41.8. The molecule has 25 nitrogen and oxygen atoms in total. The van der Waals surface area contributed by atoms with Crippen LogP contribution in [-0.4, -0.2) is 121 Å². The summed E-state index contributed by atoms with van der Waals surface area (Å²) < 4.78 is 5.57. The van der Waals surface area contributed by atoms with Gasteiger partial charge < -0.3 is 57.4 Å². The number of thiazole rings is 5. The molecule has 414 valence electrons. The molecular formula is C50H41N13O12S6. The van der Waals surface area contributed by atoms with Gasteiger partial charge >= 0.3 is 5.97 Å². The zero-order chi connectivity index (χ0) is 57.4. The summed E-state index contributed by atoms with van der Waals surface area (Å²) in [4.78, 5) is 139. The number of hydrogen-bond donors (Lipinski definition) is 10. The number of benzene rings is 1. The summed E-state index contributed by atoms with van der Waals surface area (Å²) in [5.74, 6) is -6.66. The molecule has 0 fully saturated rings. The number of rotatable bonds is 5. The van der Waals surface area contributed by atoms with Crippen molar-refractivity contribution < 1.29 is 58.4 Å². The molecule has 9 heterocycles. The van der Waals surface area contributed by atoms with Crippen molar-refractivity contribution in [3.05, 3.63) is 125 Å². The van der Waals surface area contributed by atoms with Gasteiger partial charge in [-0.05, 0) is 37.6 Å². The molecule has 5 atom stereocenters. The number of carbonyl (C=O) groups excluding carboxylic acids is 8.